The molecule has 0 saturated heterocycles. The molecule has 1 aromatic carbocycles. The molecule has 0 amide bonds. The van der Waals surface area contributed by atoms with Crippen LogP contribution in [0, 0.1) is 5.82 Å². The molecule has 2 N–H and O–H groups in total. The zero-order chi connectivity index (χ0) is 9.97. The summed E-state index contributed by atoms with van der Waals surface area (Å²) in [5.74, 6) is -0.209. The predicted molar refractivity (Wildman–Crippen MR) is 57.6 cm³/mol. The van der Waals surface area contributed by atoms with E-state index in [4.69, 9.17) is 5.73 Å². The van der Waals surface area contributed by atoms with Gasteiger partial charge in [-0.05, 0) is 34.7 Å². The minimum atomic E-state index is -0.209. The average Bonchev–Trinajstić information content (AvgIpc) is 2.67. The van der Waals surface area contributed by atoms with Crippen molar-refractivity contribution in [2.45, 2.75) is 6.54 Å². The van der Waals surface area contributed by atoms with E-state index in [1.54, 1.807) is 23.5 Å². The summed E-state index contributed by atoms with van der Waals surface area (Å²) in [4.78, 5) is 1.13. The molecule has 0 atom stereocenters. The van der Waals surface area contributed by atoms with E-state index in [1.165, 1.54) is 12.1 Å². The van der Waals surface area contributed by atoms with E-state index < -0.39 is 0 Å². The van der Waals surface area contributed by atoms with Gasteiger partial charge in [-0.15, -0.1) is 11.3 Å². The summed E-state index contributed by atoms with van der Waals surface area (Å²) in [6, 6.07) is 8.49. The summed E-state index contributed by atoms with van der Waals surface area (Å²) < 4.78 is 12.7. The maximum atomic E-state index is 12.7. The summed E-state index contributed by atoms with van der Waals surface area (Å²) in [7, 11) is 0. The van der Waals surface area contributed by atoms with Gasteiger partial charge in [-0.2, -0.15) is 0 Å². The Labute approximate surface area is 86.0 Å². The van der Waals surface area contributed by atoms with Gasteiger partial charge in [0.2, 0.25) is 0 Å². The van der Waals surface area contributed by atoms with Gasteiger partial charge in [0.15, 0.2) is 0 Å². The van der Waals surface area contributed by atoms with Gasteiger partial charge in [0.05, 0.1) is 0 Å². The van der Waals surface area contributed by atoms with Crippen molar-refractivity contribution in [3.8, 4) is 10.4 Å². The minimum Gasteiger partial charge on any atom is -0.326 e. The zero-order valence-corrected chi connectivity index (χ0v) is 8.35. The van der Waals surface area contributed by atoms with Crippen molar-refractivity contribution in [2.24, 2.45) is 5.73 Å². The number of thiophene rings is 1. The van der Waals surface area contributed by atoms with Gasteiger partial charge in [-0.3, -0.25) is 0 Å². The van der Waals surface area contributed by atoms with Crippen LogP contribution in [0.3, 0.4) is 0 Å². The molecule has 0 fully saturated rings. The normalized spacial score (nSPS) is 10.4. The van der Waals surface area contributed by atoms with Crippen molar-refractivity contribution in [3.63, 3.8) is 0 Å². The van der Waals surface area contributed by atoms with Crippen molar-refractivity contribution in [1.29, 1.82) is 0 Å². The third-order valence-corrected chi connectivity index (χ3v) is 3.08. The monoisotopic (exact) mass is 207 g/mol. The summed E-state index contributed by atoms with van der Waals surface area (Å²) >= 11 is 1.63. The topological polar surface area (TPSA) is 26.0 Å². The van der Waals surface area contributed by atoms with Gasteiger partial charge in [0.1, 0.15) is 5.82 Å². The summed E-state index contributed by atoms with van der Waals surface area (Å²) in [5, 5.41) is 2.00. The van der Waals surface area contributed by atoms with Crippen LogP contribution in [0.25, 0.3) is 10.4 Å². The van der Waals surface area contributed by atoms with Crippen LogP contribution in [0.2, 0.25) is 0 Å². The summed E-state index contributed by atoms with van der Waals surface area (Å²) in [5.41, 5.74) is 7.74. The van der Waals surface area contributed by atoms with E-state index in [1.807, 2.05) is 11.4 Å². The highest BCUT2D eigenvalue weighted by molar-refractivity contribution is 7.13. The molecule has 0 aliphatic rings. The number of nitrogens with two attached hydrogens (primary N) is 1. The number of hydrogen-bond acceptors (Lipinski definition) is 2. The Hall–Kier alpha value is -1.19. The van der Waals surface area contributed by atoms with Crippen molar-refractivity contribution < 1.29 is 4.39 Å². The third-order valence-electron chi connectivity index (χ3n) is 2.07. The van der Waals surface area contributed by atoms with E-state index in [9.17, 15) is 4.39 Å². The highest BCUT2D eigenvalue weighted by Gasteiger charge is 2.04. The molecule has 1 aromatic heterocycles. The van der Waals surface area contributed by atoms with Gasteiger partial charge >= 0.3 is 0 Å². The van der Waals surface area contributed by atoms with Crippen molar-refractivity contribution >= 4 is 11.3 Å². The Morgan fingerprint density at radius 1 is 1.14 bits per heavy atom. The Balaban J connectivity index is 2.44. The van der Waals surface area contributed by atoms with Crippen LogP contribution in [0.1, 0.15) is 5.56 Å². The number of hydrogen-bond donors (Lipinski definition) is 1. The molecule has 1 nitrogen and oxygen atoms in total. The molecule has 14 heavy (non-hydrogen) atoms. The molecule has 0 unspecified atom stereocenters. The quantitative estimate of drug-likeness (QED) is 0.804. The molecular formula is C11H10FNS. The smallest absolute Gasteiger partial charge is 0.123 e. The fourth-order valence-electron chi connectivity index (χ4n) is 1.35. The van der Waals surface area contributed by atoms with E-state index in [-0.39, 0.29) is 5.82 Å². The van der Waals surface area contributed by atoms with Crippen molar-refractivity contribution in [1.82, 2.24) is 0 Å². The van der Waals surface area contributed by atoms with Crippen LogP contribution >= 0.6 is 11.3 Å². The van der Waals surface area contributed by atoms with Gasteiger partial charge in [-0.1, -0.05) is 12.1 Å². The van der Waals surface area contributed by atoms with Crippen LogP contribution in [0.15, 0.2) is 35.7 Å². The van der Waals surface area contributed by atoms with Crippen LogP contribution < -0.4 is 5.73 Å². The first-order valence-corrected chi connectivity index (χ1v) is 5.21. The lowest BCUT2D eigenvalue weighted by Crippen LogP contribution is -1.95. The fraction of sp³-hybridized carbons (Fsp3) is 0.0909. The largest absolute Gasteiger partial charge is 0.326 e. The second-order valence-electron chi connectivity index (χ2n) is 2.99. The summed E-state index contributed by atoms with van der Waals surface area (Å²) in [6.45, 7) is 0.524. The van der Waals surface area contributed by atoms with Gasteiger partial charge in [0.25, 0.3) is 0 Å². The highest BCUT2D eigenvalue weighted by Crippen LogP contribution is 2.29. The second kappa shape index (κ2) is 3.90. The molecule has 0 bridgehead atoms. The Morgan fingerprint density at radius 2 is 1.86 bits per heavy atom. The van der Waals surface area contributed by atoms with Crippen LogP contribution in [0.5, 0.6) is 0 Å². The lowest BCUT2D eigenvalue weighted by molar-refractivity contribution is 0.628. The lowest BCUT2D eigenvalue weighted by Gasteiger charge is -2.00. The Kier molecular flexibility index (Phi) is 2.61. The molecule has 72 valence electrons. The molecule has 0 saturated carbocycles. The standard InChI is InChI=1S/C11H10FNS/c12-10-3-1-8(2-4-10)11-9(7-13)5-6-14-11/h1-6H,7,13H2. The minimum absolute atomic E-state index is 0.209. The SMILES string of the molecule is NCc1ccsc1-c1ccc(F)cc1. The fourth-order valence-corrected chi connectivity index (χ4v) is 2.29. The van der Waals surface area contributed by atoms with Crippen LogP contribution in [0.4, 0.5) is 4.39 Å². The Bertz CT molecular complexity index is 419. The zero-order valence-electron chi connectivity index (χ0n) is 7.53. The molecule has 0 radical (unpaired) electrons. The molecular weight excluding hydrogens is 197 g/mol. The van der Waals surface area contributed by atoms with Gasteiger partial charge in [0, 0.05) is 11.4 Å². The number of rotatable bonds is 2. The Morgan fingerprint density at radius 3 is 2.50 bits per heavy atom. The molecule has 1 heterocycles. The van der Waals surface area contributed by atoms with E-state index in [0.29, 0.717) is 6.54 Å². The lowest BCUT2D eigenvalue weighted by atomic mass is 10.1. The van der Waals surface area contributed by atoms with Crippen molar-refractivity contribution in [2.75, 3.05) is 0 Å². The second-order valence-corrected chi connectivity index (χ2v) is 3.90. The number of halogens is 1. The molecule has 0 aliphatic carbocycles. The number of benzene rings is 1. The third kappa shape index (κ3) is 1.69. The van der Waals surface area contributed by atoms with Crippen LogP contribution in [-0.4, -0.2) is 0 Å². The van der Waals surface area contributed by atoms with E-state index in [2.05, 4.69) is 0 Å². The van der Waals surface area contributed by atoms with Gasteiger partial charge in [-0.25, -0.2) is 4.39 Å². The predicted octanol–water partition coefficient (Wildman–Crippen LogP) is 3.01. The first-order valence-electron chi connectivity index (χ1n) is 4.33. The van der Waals surface area contributed by atoms with Gasteiger partial charge < -0.3 is 5.73 Å². The van der Waals surface area contributed by atoms with E-state index >= 15 is 0 Å². The molecule has 2 rings (SSSR count). The highest BCUT2D eigenvalue weighted by atomic mass is 32.1. The molecule has 3 heteroatoms. The van der Waals surface area contributed by atoms with Crippen LogP contribution in [-0.2, 0) is 6.54 Å². The van der Waals surface area contributed by atoms with E-state index in [0.717, 1.165) is 16.0 Å². The maximum absolute atomic E-state index is 12.7. The molecule has 2 aromatic rings. The first kappa shape index (κ1) is 9.37. The summed E-state index contributed by atoms with van der Waals surface area (Å²) in [6.07, 6.45) is 0. The average molecular weight is 207 g/mol. The first-order chi connectivity index (χ1) is 6.81. The molecule has 0 aliphatic heterocycles. The van der Waals surface area contributed by atoms with Crippen molar-refractivity contribution in [3.05, 3.63) is 47.1 Å². The molecule has 0 spiro atoms. The maximum Gasteiger partial charge on any atom is 0.123 e.